The lowest BCUT2D eigenvalue weighted by molar-refractivity contribution is -0.0751. The van der Waals surface area contributed by atoms with E-state index in [1.54, 1.807) is 13.2 Å². The number of aromatic hydroxyl groups is 1. The highest BCUT2D eigenvalue weighted by atomic mass is 16.5. The summed E-state index contributed by atoms with van der Waals surface area (Å²) in [6, 6.07) is 21.8. The molecule has 1 aliphatic carbocycles. The molecule has 1 aliphatic heterocycles. The van der Waals surface area contributed by atoms with Crippen LogP contribution in [0.4, 0.5) is 0 Å². The molecule has 34 heavy (non-hydrogen) atoms. The molecular weight excluding hydrogens is 424 g/mol. The normalized spacial score (nSPS) is 27.3. The summed E-state index contributed by atoms with van der Waals surface area (Å²) in [6.45, 7) is 1.93. The van der Waals surface area contributed by atoms with Gasteiger partial charge in [-0.25, -0.2) is 0 Å². The van der Waals surface area contributed by atoms with Crippen LogP contribution in [0.1, 0.15) is 35.2 Å². The number of phenolic OH excluding ortho intramolecular Hbond substituents is 1. The molecule has 0 bridgehead atoms. The number of fused-ring (bicyclic) bond motifs is 2. The first-order valence-corrected chi connectivity index (χ1v) is 12.2. The fourth-order valence-corrected chi connectivity index (χ4v) is 6.38. The van der Waals surface area contributed by atoms with E-state index in [1.807, 2.05) is 60.5 Å². The molecule has 4 atom stereocenters. The molecule has 1 heterocycles. The number of amides is 1. The van der Waals surface area contributed by atoms with Gasteiger partial charge in [-0.1, -0.05) is 42.5 Å². The Balaban J connectivity index is 1.49. The van der Waals surface area contributed by atoms with E-state index in [0.29, 0.717) is 17.2 Å². The summed E-state index contributed by atoms with van der Waals surface area (Å²) >= 11 is 0. The molecule has 5 heteroatoms. The van der Waals surface area contributed by atoms with Crippen LogP contribution in [0.5, 0.6) is 5.75 Å². The highest BCUT2D eigenvalue weighted by Gasteiger charge is 2.53. The Bertz CT molecular complexity index is 1190. The first kappa shape index (κ1) is 22.9. The molecule has 1 saturated carbocycles. The highest BCUT2D eigenvalue weighted by Crippen LogP contribution is 2.51. The predicted molar refractivity (Wildman–Crippen MR) is 135 cm³/mol. The maximum Gasteiger partial charge on any atom is 0.253 e. The van der Waals surface area contributed by atoms with Crippen LogP contribution in [0.15, 0.2) is 66.7 Å². The van der Waals surface area contributed by atoms with Gasteiger partial charge in [-0.05, 0) is 73.5 Å². The van der Waals surface area contributed by atoms with Crippen molar-refractivity contribution in [3.05, 3.63) is 77.9 Å². The number of benzene rings is 3. The summed E-state index contributed by atoms with van der Waals surface area (Å²) in [5.41, 5.74) is 1.73. The second-order valence-electron chi connectivity index (χ2n) is 10.2. The zero-order chi connectivity index (χ0) is 23.9. The van der Waals surface area contributed by atoms with Crippen LogP contribution in [0.2, 0.25) is 0 Å². The molecule has 3 aromatic rings. The molecule has 2 fully saturated rings. The number of phenols is 1. The van der Waals surface area contributed by atoms with Gasteiger partial charge in [-0.2, -0.15) is 0 Å². The lowest BCUT2D eigenvalue weighted by Crippen LogP contribution is -2.61. The molecule has 0 radical (unpaired) electrons. The summed E-state index contributed by atoms with van der Waals surface area (Å²) < 4.78 is 6.08. The van der Waals surface area contributed by atoms with Gasteiger partial charge in [-0.15, -0.1) is 0 Å². The van der Waals surface area contributed by atoms with Gasteiger partial charge in [0.05, 0.1) is 6.10 Å². The second-order valence-corrected chi connectivity index (χ2v) is 10.2. The van der Waals surface area contributed by atoms with E-state index >= 15 is 0 Å². The zero-order valence-electron chi connectivity index (χ0n) is 20.3. The van der Waals surface area contributed by atoms with Gasteiger partial charge in [0, 0.05) is 43.6 Å². The van der Waals surface area contributed by atoms with Crippen molar-refractivity contribution in [1.82, 2.24) is 9.80 Å². The summed E-state index contributed by atoms with van der Waals surface area (Å²) in [4.78, 5) is 17.9. The SMILES string of the molecule is COC1C[C@@H](N(C)C(=O)c2ccc3ccccc3c2)C[C@]2(c3cccc(O)c3)CCN(C)C[C@@H]12. The van der Waals surface area contributed by atoms with E-state index < -0.39 is 0 Å². The molecule has 5 rings (SSSR count). The van der Waals surface area contributed by atoms with E-state index in [1.165, 1.54) is 0 Å². The summed E-state index contributed by atoms with van der Waals surface area (Å²) in [5.74, 6) is 0.641. The fourth-order valence-electron chi connectivity index (χ4n) is 6.38. The molecule has 3 aromatic carbocycles. The van der Waals surface area contributed by atoms with Gasteiger partial charge < -0.3 is 19.6 Å². The van der Waals surface area contributed by atoms with Gasteiger partial charge in [0.2, 0.25) is 0 Å². The fraction of sp³-hybridized carbons (Fsp3) is 0.414. The van der Waals surface area contributed by atoms with Crippen molar-refractivity contribution < 1.29 is 14.6 Å². The van der Waals surface area contributed by atoms with Crippen molar-refractivity contribution in [2.75, 3.05) is 34.3 Å². The molecule has 5 nitrogen and oxygen atoms in total. The topological polar surface area (TPSA) is 53.0 Å². The van der Waals surface area contributed by atoms with Crippen LogP contribution < -0.4 is 0 Å². The Morgan fingerprint density at radius 1 is 1.09 bits per heavy atom. The van der Waals surface area contributed by atoms with Crippen LogP contribution >= 0.6 is 0 Å². The number of ether oxygens (including phenoxy) is 1. The minimum Gasteiger partial charge on any atom is -0.508 e. The molecule has 1 N–H and O–H groups in total. The summed E-state index contributed by atoms with van der Waals surface area (Å²) in [7, 11) is 5.89. The Kier molecular flexibility index (Phi) is 6.09. The van der Waals surface area contributed by atoms with Crippen molar-refractivity contribution in [1.29, 1.82) is 0 Å². The van der Waals surface area contributed by atoms with Crippen molar-refractivity contribution in [2.45, 2.75) is 36.8 Å². The average molecular weight is 459 g/mol. The second kappa shape index (κ2) is 9.05. The molecule has 2 aliphatic rings. The average Bonchev–Trinajstić information content (AvgIpc) is 2.87. The quantitative estimate of drug-likeness (QED) is 0.617. The summed E-state index contributed by atoms with van der Waals surface area (Å²) in [5, 5.41) is 12.5. The van der Waals surface area contributed by atoms with Gasteiger partial charge in [0.1, 0.15) is 5.75 Å². The maximum absolute atomic E-state index is 13.6. The first-order valence-electron chi connectivity index (χ1n) is 12.2. The molecular formula is C29H34N2O3. The Labute approximate surface area is 201 Å². The lowest BCUT2D eigenvalue weighted by Gasteiger charge is -2.56. The molecule has 1 unspecified atom stereocenters. The Morgan fingerprint density at radius 3 is 2.65 bits per heavy atom. The van der Waals surface area contributed by atoms with Crippen LogP contribution in [0, 0.1) is 5.92 Å². The largest absolute Gasteiger partial charge is 0.508 e. The third-order valence-corrected chi connectivity index (χ3v) is 8.30. The third kappa shape index (κ3) is 3.97. The van der Waals surface area contributed by atoms with Crippen molar-refractivity contribution in [3.8, 4) is 5.75 Å². The van der Waals surface area contributed by atoms with E-state index in [0.717, 1.165) is 48.7 Å². The van der Waals surface area contributed by atoms with E-state index in [9.17, 15) is 9.90 Å². The number of methoxy groups -OCH3 is 1. The number of rotatable bonds is 4. The Morgan fingerprint density at radius 2 is 1.88 bits per heavy atom. The zero-order valence-corrected chi connectivity index (χ0v) is 20.3. The molecule has 178 valence electrons. The van der Waals surface area contributed by atoms with E-state index in [2.05, 4.69) is 24.1 Å². The number of hydrogen-bond donors (Lipinski definition) is 1. The van der Waals surface area contributed by atoms with Crippen molar-refractivity contribution in [3.63, 3.8) is 0 Å². The van der Waals surface area contributed by atoms with Crippen LogP contribution in [-0.2, 0) is 10.2 Å². The van der Waals surface area contributed by atoms with E-state index in [-0.39, 0.29) is 23.5 Å². The summed E-state index contributed by atoms with van der Waals surface area (Å²) in [6.07, 6.45) is 2.69. The molecule has 0 spiro atoms. The number of likely N-dealkylation sites (tertiary alicyclic amines) is 1. The monoisotopic (exact) mass is 458 g/mol. The lowest BCUT2D eigenvalue weighted by atomic mass is 9.56. The maximum atomic E-state index is 13.6. The van der Waals surface area contributed by atoms with Crippen LogP contribution in [0.3, 0.4) is 0 Å². The van der Waals surface area contributed by atoms with Gasteiger partial charge in [0.15, 0.2) is 0 Å². The van der Waals surface area contributed by atoms with Crippen molar-refractivity contribution >= 4 is 16.7 Å². The van der Waals surface area contributed by atoms with Crippen LogP contribution in [-0.4, -0.2) is 67.3 Å². The minimum absolute atomic E-state index is 0.0377. The van der Waals surface area contributed by atoms with Gasteiger partial charge in [-0.3, -0.25) is 4.79 Å². The minimum atomic E-state index is -0.146. The first-order chi connectivity index (χ1) is 16.4. The van der Waals surface area contributed by atoms with E-state index in [4.69, 9.17) is 4.74 Å². The number of nitrogens with zero attached hydrogens (tertiary/aromatic N) is 2. The standard InChI is InChI=1S/C29H34N2O3/c1-30-14-13-29(23-9-6-10-25(32)16-23)18-24(17-27(34-3)26(29)19-30)31(2)28(33)22-12-11-20-7-4-5-8-21(20)15-22/h4-12,15-16,24,26-27,32H,13-14,17-19H2,1-3H3/t24-,26+,27?,29+/m1/s1. The molecule has 0 aromatic heterocycles. The predicted octanol–water partition coefficient (Wildman–Crippen LogP) is 4.68. The van der Waals surface area contributed by atoms with Gasteiger partial charge in [0.25, 0.3) is 5.91 Å². The van der Waals surface area contributed by atoms with Crippen molar-refractivity contribution in [2.24, 2.45) is 5.92 Å². The third-order valence-electron chi connectivity index (χ3n) is 8.30. The molecule has 1 saturated heterocycles. The van der Waals surface area contributed by atoms with Crippen LogP contribution in [0.25, 0.3) is 10.8 Å². The Hall–Kier alpha value is -2.89. The number of piperidine rings is 1. The molecule has 1 amide bonds. The number of hydrogen-bond acceptors (Lipinski definition) is 4. The smallest absolute Gasteiger partial charge is 0.253 e. The highest BCUT2D eigenvalue weighted by molar-refractivity contribution is 5.98. The number of carbonyl (C=O) groups is 1. The number of carbonyl (C=O) groups excluding carboxylic acids is 1. The van der Waals surface area contributed by atoms with Gasteiger partial charge >= 0.3 is 0 Å².